The van der Waals surface area contributed by atoms with Gasteiger partial charge < -0.3 is 29.7 Å². The first-order valence-corrected chi connectivity index (χ1v) is 7.50. The summed E-state index contributed by atoms with van der Waals surface area (Å²) in [5, 5.41) is 3.60. The molecule has 0 aliphatic carbocycles. The van der Waals surface area contributed by atoms with Gasteiger partial charge >= 0.3 is 6.03 Å². The number of benzene rings is 1. The molecular weight excluding hydrogens is 345 g/mol. The number of urea groups is 1. The van der Waals surface area contributed by atoms with Crippen molar-refractivity contribution in [3.05, 3.63) is 29.3 Å². The van der Waals surface area contributed by atoms with Crippen molar-refractivity contribution in [2.24, 2.45) is 0 Å². The van der Waals surface area contributed by atoms with Crippen LogP contribution in [0, 0.1) is 0 Å². The number of anilines is 1. The van der Waals surface area contributed by atoms with E-state index in [1.807, 2.05) is 26.2 Å². The van der Waals surface area contributed by atoms with Gasteiger partial charge in [-0.25, -0.2) is 9.28 Å². The number of hydrogen-bond acceptors (Lipinski definition) is 1. The van der Waals surface area contributed by atoms with E-state index in [2.05, 4.69) is 19.2 Å². The van der Waals surface area contributed by atoms with E-state index in [0.29, 0.717) is 9.51 Å². The lowest BCUT2D eigenvalue weighted by Crippen LogP contribution is -3.12. The molecule has 0 aromatic heterocycles. The molecule has 0 unspecified atom stereocenters. The molecule has 1 aromatic carbocycles. The average molecular weight is 371 g/mol. The predicted octanol–water partition coefficient (Wildman–Crippen LogP) is -4.12. The predicted molar refractivity (Wildman–Crippen MR) is 84.4 cm³/mol. The Morgan fingerprint density at radius 3 is 2.09 bits per heavy atom. The van der Waals surface area contributed by atoms with E-state index in [9.17, 15) is 4.79 Å². The molecule has 0 bridgehead atoms. The van der Waals surface area contributed by atoms with Crippen LogP contribution in [0.5, 0.6) is 0 Å². The van der Waals surface area contributed by atoms with E-state index >= 15 is 0 Å². The fraction of sp³-hybridized carbons (Fsp3) is 0.533. The Kier molecular flexibility index (Phi) is 12.0. The highest BCUT2D eigenvalue weighted by Gasteiger charge is 2.27. The summed E-state index contributed by atoms with van der Waals surface area (Å²) in [6.45, 7) is 8.34. The number of amides is 2. The Balaban J connectivity index is 0. The number of nitrogens with zero attached hydrogens (tertiary/aromatic N) is 1. The summed E-state index contributed by atoms with van der Waals surface area (Å²) in [5.41, 5.74) is 0.779. The molecule has 4 nitrogen and oxygen atoms in total. The smallest absolute Gasteiger partial charge is 0.420 e. The molecule has 0 saturated carbocycles. The Morgan fingerprint density at radius 2 is 1.64 bits per heavy atom. The summed E-state index contributed by atoms with van der Waals surface area (Å²) in [4.78, 5) is 13.8. The summed E-state index contributed by atoms with van der Waals surface area (Å²) in [6.07, 6.45) is 0. The molecule has 0 aliphatic heterocycles. The number of quaternary nitrogens is 2. The van der Waals surface area contributed by atoms with Crippen LogP contribution in [0.3, 0.4) is 0 Å². The van der Waals surface area contributed by atoms with Crippen molar-refractivity contribution in [1.29, 1.82) is 0 Å². The lowest BCUT2D eigenvalue weighted by atomic mass is 10.3. The van der Waals surface area contributed by atoms with Crippen molar-refractivity contribution in [2.45, 2.75) is 13.8 Å². The highest BCUT2D eigenvalue weighted by atomic mass is 35.5. The Bertz CT molecular complexity index is 434. The Morgan fingerprint density at radius 1 is 1.14 bits per heavy atom. The summed E-state index contributed by atoms with van der Waals surface area (Å²) in [6, 6.07) is 7.18. The molecule has 1 rings (SSSR count). The lowest BCUT2D eigenvalue weighted by Gasteiger charge is -2.28. The number of likely N-dealkylation sites (N-methyl/N-ethyl adjacent to an activating group) is 2. The SMILES string of the molecule is CC[NH+](CC)CC[N+](C)(C)C(=O)Nc1ccc(Cl)cc1.[Cl-].[Cl-]. The average Bonchev–Trinajstić information content (AvgIpc) is 2.42. The third-order valence-corrected chi connectivity index (χ3v) is 3.92. The van der Waals surface area contributed by atoms with E-state index in [1.54, 1.807) is 12.1 Å². The molecule has 0 spiro atoms. The number of nitrogens with one attached hydrogen (secondary N) is 2. The first-order valence-electron chi connectivity index (χ1n) is 7.12. The molecule has 1 aromatic rings. The molecule has 22 heavy (non-hydrogen) atoms. The monoisotopic (exact) mass is 369 g/mol. The summed E-state index contributed by atoms with van der Waals surface area (Å²) >= 11 is 5.84. The lowest BCUT2D eigenvalue weighted by molar-refractivity contribution is -0.924. The van der Waals surface area contributed by atoms with Crippen LogP contribution < -0.4 is 35.0 Å². The van der Waals surface area contributed by atoms with Gasteiger partial charge in [-0.2, -0.15) is 0 Å². The van der Waals surface area contributed by atoms with Crippen LogP contribution in [0.15, 0.2) is 24.3 Å². The number of rotatable bonds is 6. The van der Waals surface area contributed by atoms with Crippen LogP contribution >= 0.6 is 11.6 Å². The first-order chi connectivity index (χ1) is 9.39. The van der Waals surface area contributed by atoms with Gasteiger partial charge in [0.15, 0.2) is 0 Å². The first kappa shape index (κ1) is 23.7. The quantitative estimate of drug-likeness (QED) is 0.490. The second kappa shape index (κ2) is 11.1. The molecule has 2 N–H and O–H groups in total. The Labute approximate surface area is 151 Å². The molecule has 2 amide bonds. The van der Waals surface area contributed by atoms with Crippen molar-refractivity contribution in [2.75, 3.05) is 45.6 Å². The summed E-state index contributed by atoms with van der Waals surface area (Å²) in [7, 11) is 3.88. The van der Waals surface area contributed by atoms with E-state index in [1.165, 1.54) is 4.90 Å². The van der Waals surface area contributed by atoms with Crippen LogP contribution in [0.1, 0.15) is 13.8 Å². The maximum atomic E-state index is 12.3. The Hall–Kier alpha value is -0.520. The highest BCUT2D eigenvalue weighted by Crippen LogP contribution is 2.14. The zero-order valence-electron chi connectivity index (χ0n) is 13.6. The van der Waals surface area contributed by atoms with Crippen LogP contribution in [-0.4, -0.2) is 50.8 Å². The number of halogens is 3. The van der Waals surface area contributed by atoms with Crippen LogP contribution in [0.2, 0.25) is 5.02 Å². The molecule has 0 heterocycles. The fourth-order valence-electron chi connectivity index (χ4n) is 1.95. The second-order valence-electron chi connectivity index (χ2n) is 5.55. The van der Waals surface area contributed by atoms with Crippen LogP contribution in [0.25, 0.3) is 0 Å². The minimum atomic E-state index is -0.00104. The van der Waals surface area contributed by atoms with Gasteiger partial charge in [-0.3, -0.25) is 5.32 Å². The molecule has 0 saturated heterocycles. The number of hydrogen-bond donors (Lipinski definition) is 2. The van der Waals surface area contributed by atoms with Crippen molar-refractivity contribution < 1.29 is 39.0 Å². The summed E-state index contributed by atoms with van der Waals surface area (Å²) < 4.78 is 0.326. The van der Waals surface area contributed by atoms with Gasteiger partial charge in [0.25, 0.3) is 0 Å². The molecular formula is C15H26Cl3N3O. The molecule has 0 radical (unpaired) electrons. The topological polar surface area (TPSA) is 33.5 Å². The summed E-state index contributed by atoms with van der Waals surface area (Å²) in [5.74, 6) is 0. The van der Waals surface area contributed by atoms with Gasteiger partial charge in [0, 0.05) is 10.7 Å². The van der Waals surface area contributed by atoms with Crippen LogP contribution in [-0.2, 0) is 0 Å². The van der Waals surface area contributed by atoms with Gasteiger partial charge in [-0.1, -0.05) is 11.6 Å². The van der Waals surface area contributed by atoms with Gasteiger partial charge in [-0.15, -0.1) is 0 Å². The van der Waals surface area contributed by atoms with Crippen molar-refractivity contribution in [3.63, 3.8) is 0 Å². The van der Waals surface area contributed by atoms with Gasteiger partial charge in [0.05, 0.1) is 27.2 Å². The second-order valence-corrected chi connectivity index (χ2v) is 5.99. The maximum Gasteiger partial charge on any atom is 0.420 e. The molecule has 0 aliphatic rings. The zero-order valence-corrected chi connectivity index (χ0v) is 15.9. The van der Waals surface area contributed by atoms with E-state index in [4.69, 9.17) is 11.6 Å². The van der Waals surface area contributed by atoms with Crippen molar-refractivity contribution >= 4 is 23.3 Å². The van der Waals surface area contributed by atoms with Crippen molar-refractivity contribution in [1.82, 2.24) is 0 Å². The zero-order chi connectivity index (χ0) is 15.2. The van der Waals surface area contributed by atoms with E-state index < -0.39 is 0 Å². The largest absolute Gasteiger partial charge is 1.00 e. The minimum absolute atomic E-state index is 0. The van der Waals surface area contributed by atoms with Crippen molar-refractivity contribution in [3.8, 4) is 0 Å². The standard InChI is InChI=1S/C15H24ClN3O.2ClH/c1-5-18(6-2)11-12-19(3,4)15(20)17-14-9-7-13(16)8-10-14;;/h7-10H,5-6,11-12H2,1-4H3;2*1H. The third-order valence-electron chi connectivity index (χ3n) is 3.67. The third kappa shape index (κ3) is 7.65. The number of carbonyl (C=O) groups is 1. The normalized spacial score (nSPS) is 10.6. The maximum absolute atomic E-state index is 12.3. The minimum Gasteiger partial charge on any atom is -1.00 e. The van der Waals surface area contributed by atoms with Gasteiger partial charge in [-0.05, 0) is 38.1 Å². The van der Waals surface area contributed by atoms with E-state index in [0.717, 1.165) is 31.9 Å². The highest BCUT2D eigenvalue weighted by molar-refractivity contribution is 6.30. The molecule has 0 atom stereocenters. The van der Waals surface area contributed by atoms with Crippen LogP contribution in [0.4, 0.5) is 10.5 Å². The van der Waals surface area contributed by atoms with E-state index in [-0.39, 0.29) is 30.8 Å². The number of carbonyl (C=O) groups excluding carboxylic acids is 1. The molecule has 128 valence electrons. The van der Waals surface area contributed by atoms with Gasteiger partial charge in [0.2, 0.25) is 0 Å². The van der Waals surface area contributed by atoms with Gasteiger partial charge in [0.1, 0.15) is 13.1 Å². The molecule has 7 heteroatoms. The molecule has 0 fully saturated rings. The fourth-order valence-corrected chi connectivity index (χ4v) is 2.08.